The van der Waals surface area contributed by atoms with Crippen LogP contribution in [0.15, 0.2) is 47.4 Å². The Morgan fingerprint density at radius 2 is 1.81 bits per heavy atom. The molecule has 0 bridgehead atoms. The van der Waals surface area contributed by atoms with Crippen LogP contribution in [0.5, 0.6) is 5.75 Å². The zero-order valence-electron chi connectivity index (χ0n) is 12.2. The van der Waals surface area contributed by atoms with Crippen LogP contribution in [0.25, 0.3) is 0 Å². The first-order chi connectivity index (χ1) is 10.3. The molecule has 0 radical (unpaired) electrons. The lowest BCUT2D eigenvalue weighted by atomic mass is 9.91. The van der Waals surface area contributed by atoms with Gasteiger partial charge in [-0.2, -0.15) is 0 Å². The van der Waals surface area contributed by atoms with Crippen LogP contribution >= 0.6 is 11.8 Å². The van der Waals surface area contributed by atoms with Crippen molar-refractivity contribution in [1.29, 1.82) is 0 Å². The maximum absolute atomic E-state index is 6.00. The van der Waals surface area contributed by atoms with Gasteiger partial charge >= 0.3 is 0 Å². The van der Waals surface area contributed by atoms with Crippen LogP contribution in [-0.4, -0.2) is 12.4 Å². The number of ether oxygens (including phenoxy) is 1. The van der Waals surface area contributed by atoms with Gasteiger partial charge in [-0.15, -0.1) is 11.8 Å². The van der Waals surface area contributed by atoms with Crippen molar-refractivity contribution >= 4 is 17.4 Å². The minimum Gasteiger partial charge on any atom is -0.492 e. The average Bonchev–Trinajstić information content (AvgIpc) is 2.53. The van der Waals surface area contributed by atoms with Gasteiger partial charge in [0.15, 0.2) is 0 Å². The summed E-state index contributed by atoms with van der Waals surface area (Å²) in [4.78, 5) is 1.24. The number of thioether (sulfide) groups is 1. The van der Waals surface area contributed by atoms with Gasteiger partial charge in [0, 0.05) is 16.3 Å². The molecule has 0 aromatic heterocycles. The first-order valence-electron chi connectivity index (χ1n) is 7.55. The van der Waals surface area contributed by atoms with E-state index in [-0.39, 0.29) is 0 Å². The van der Waals surface area contributed by atoms with Crippen LogP contribution in [0.1, 0.15) is 24.0 Å². The number of hydrogen-bond donors (Lipinski definition) is 1. The fraction of sp³-hybridized carbons (Fsp3) is 0.333. The Morgan fingerprint density at radius 3 is 2.67 bits per heavy atom. The number of aryl methyl sites for hydroxylation is 1. The minimum absolute atomic E-state index is 0.742. The molecule has 2 nitrogen and oxygen atoms in total. The summed E-state index contributed by atoms with van der Waals surface area (Å²) >= 11 is 1.81. The molecule has 2 N–H and O–H groups in total. The van der Waals surface area contributed by atoms with Gasteiger partial charge in [0.2, 0.25) is 0 Å². The van der Waals surface area contributed by atoms with Crippen molar-refractivity contribution in [1.82, 2.24) is 0 Å². The Morgan fingerprint density at radius 1 is 1.00 bits per heavy atom. The van der Waals surface area contributed by atoms with Crippen LogP contribution in [0.2, 0.25) is 0 Å². The van der Waals surface area contributed by atoms with E-state index >= 15 is 0 Å². The molecule has 2 aromatic carbocycles. The summed E-state index contributed by atoms with van der Waals surface area (Å²) in [6.07, 6.45) is 4.96. The highest BCUT2D eigenvalue weighted by atomic mass is 32.2. The third kappa shape index (κ3) is 3.73. The zero-order chi connectivity index (χ0) is 14.5. The summed E-state index contributed by atoms with van der Waals surface area (Å²) in [6, 6.07) is 14.5. The van der Waals surface area contributed by atoms with Gasteiger partial charge < -0.3 is 10.5 Å². The lowest BCUT2D eigenvalue weighted by Gasteiger charge is -2.19. The molecular formula is C18H21NOS. The molecule has 0 unspecified atom stereocenters. The Bertz CT molecular complexity index is 595. The van der Waals surface area contributed by atoms with Crippen LogP contribution in [-0.2, 0) is 12.8 Å². The van der Waals surface area contributed by atoms with E-state index in [1.807, 2.05) is 12.1 Å². The molecular weight excluding hydrogens is 278 g/mol. The molecule has 0 amide bonds. The lowest BCUT2D eigenvalue weighted by Crippen LogP contribution is -2.08. The van der Waals surface area contributed by atoms with E-state index in [1.165, 1.54) is 35.3 Å². The first kappa shape index (κ1) is 14.3. The van der Waals surface area contributed by atoms with Gasteiger partial charge in [0.05, 0.1) is 6.61 Å². The van der Waals surface area contributed by atoms with E-state index in [0.717, 1.165) is 30.2 Å². The first-order valence-corrected chi connectivity index (χ1v) is 8.53. The molecule has 0 aliphatic heterocycles. The highest BCUT2D eigenvalue weighted by molar-refractivity contribution is 7.99. The van der Waals surface area contributed by atoms with Crippen LogP contribution < -0.4 is 10.5 Å². The zero-order valence-corrected chi connectivity index (χ0v) is 13.0. The second-order valence-electron chi connectivity index (χ2n) is 5.37. The number of fused-ring (bicyclic) bond motifs is 1. The second-order valence-corrected chi connectivity index (χ2v) is 6.54. The monoisotopic (exact) mass is 299 g/mol. The van der Waals surface area contributed by atoms with Crippen molar-refractivity contribution in [2.24, 2.45) is 0 Å². The van der Waals surface area contributed by atoms with Crippen molar-refractivity contribution in [3.8, 4) is 5.75 Å². The standard InChI is InChI=1S/C18H21NOS/c19-15-8-10-16(11-9-15)21-13-12-20-18-7-3-5-14-4-1-2-6-17(14)18/h3,5,7-11H,1-2,4,6,12-13,19H2. The van der Waals surface area contributed by atoms with Gasteiger partial charge in [0.1, 0.15) is 5.75 Å². The quantitative estimate of drug-likeness (QED) is 0.507. The molecule has 1 aliphatic rings. The molecule has 2 aromatic rings. The number of nitrogens with two attached hydrogens (primary N) is 1. The third-order valence-electron chi connectivity index (χ3n) is 3.84. The summed E-state index contributed by atoms with van der Waals surface area (Å²) in [5.74, 6) is 2.04. The van der Waals surface area contributed by atoms with Gasteiger partial charge in [-0.05, 0) is 67.1 Å². The highest BCUT2D eigenvalue weighted by Crippen LogP contribution is 2.29. The van der Waals surface area contributed by atoms with E-state index in [0.29, 0.717) is 0 Å². The number of anilines is 1. The van der Waals surface area contributed by atoms with Crippen molar-refractivity contribution in [2.75, 3.05) is 18.1 Å². The topological polar surface area (TPSA) is 35.2 Å². The Hall–Kier alpha value is -1.61. The van der Waals surface area contributed by atoms with Gasteiger partial charge in [0.25, 0.3) is 0 Å². The summed E-state index contributed by atoms with van der Waals surface area (Å²) in [5.41, 5.74) is 9.41. The second kappa shape index (κ2) is 6.90. The molecule has 110 valence electrons. The number of benzene rings is 2. The summed E-state index contributed by atoms with van der Waals surface area (Å²) in [5, 5.41) is 0. The molecule has 0 spiro atoms. The average molecular weight is 299 g/mol. The van der Waals surface area contributed by atoms with Crippen LogP contribution in [0.4, 0.5) is 5.69 Å². The van der Waals surface area contributed by atoms with E-state index in [4.69, 9.17) is 10.5 Å². The lowest BCUT2D eigenvalue weighted by molar-refractivity contribution is 0.338. The fourth-order valence-corrected chi connectivity index (χ4v) is 3.49. The Balaban J connectivity index is 1.53. The molecule has 3 rings (SSSR count). The molecule has 0 heterocycles. The van der Waals surface area contributed by atoms with E-state index in [2.05, 4.69) is 30.3 Å². The molecule has 0 saturated carbocycles. The molecule has 21 heavy (non-hydrogen) atoms. The summed E-state index contributed by atoms with van der Waals surface area (Å²) in [7, 11) is 0. The number of nitrogen functional groups attached to an aromatic ring is 1. The van der Waals surface area contributed by atoms with Crippen LogP contribution in [0.3, 0.4) is 0 Å². The van der Waals surface area contributed by atoms with Gasteiger partial charge in [-0.1, -0.05) is 12.1 Å². The fourth-order valence-electron chi connectivity index (χ4n) is 2.76. The van der Waals surface area contributed by atoms with E-state index < -0.39 is 0 Å². The minimum atomic E-state index is 0.742. The van der Waals surface area contributed by atoms with Gasteiger partial charge in [-0.3, -0.25) is 0 Å². The predicted octanol–water partition coefficient (Wildman–Crippen LogP) is 4.32. The third-order valence-corrected chi connectivity index (χ3v) is 4.82. The molecule has 0 atom stereocenters. The smallest absolute Gasteiger partial charge is 0.122 e. The van der Waals surface area contributed by atoms with E-state index in [9.17, 15) is 0 Å². The molecule has 0 saturated heterocycles. The maximum Gasteiger partial charge on any atom is 0.122 e. The number of rotatable bonds is 5. The van der Waals surface area contributed by atoms with Crippen LogP contribution in [0, 0.1) is 0 Å². The van der Waals surface area contributed by atoms with Crippen molar-refractivity contribution in [3.63, 3.8) is 0 Å². The summed E-state index contributed by atoms with van der Waals surface area (Å²) in [6.45, 7) is 0.742. The Labute approximate surface area is 130 Å². The van der Waals surface area contributed by atoms with Crippen molar-refractivity contribution in [3.05, 3.63) is 53.6 Å². The molecule has 1 aliphatic carbocycles. The van der Waals surface area contributed by atoms with Gasteiger partial charge in [-0.25, -0.2) is 0 Å². The normalized spacial score (nSPS) is 13.7. The largest absolute Gasteiger partial charge is 0.492 e. The number of hydrogen-bond acceptors (Lipinski definition) is 3. The molecule has 0 fully saturated rings. The predicted molar refractivity (Wildman–Crippen MR) is 90.2 cm³/mol. The maximum atomic E-state index is 6.00. The van der Waals surface area contributed by atoms with E-state index in [1.54, 1.807) is 11.8 Å². The Kier molecular flexibility index (Phi) is 4.71. The van der Waals surface area contributed by atoms with Crippen molar-refractivity contribution in [2.45, 2.75) is 30.6 Å². The highest BCUT2D eigenvalue weighted by Gasteiger charge is 2.13. The molecule has 3 heteroatoms. The summed E-state index contributed by atoms with van der Waals surface area (Å²) < 4.78 is 6.00. The van der Waals surface area contributed by atoms with Crippen molar-refractivity contribution < 1.29 is 4.74 Å². The SMILES string of the molecule is Nc1ccc(SCCOc2cccc3c2CCCC3)cc1.